The molecule has 0 aromatic heterocycles. The van der Waals surface area contributed by atoms with Crippen molar-refractivity contribution in [1.82, 2.24) is 10.2 Å². The van der Waals surface area contributed by atoms with E-state index in [1.165, 1.54) is 0 Å². The fraction of sp³-hybridized carbons (Fsp3) is 0.778. The molecule has 0 bridgehead atoms. The quantitative estimate of drug-likeness (QED) is 0.432. The predicted octanol–water partition coefficient (Wildman–Crippen LogP) is -0.478. The van der Waals surface area contributed by atoms with Crippen LogP contribution in [0.2, 0.25) is 0 Å². The van der Waals surface area contributed by atoms with Gasteiger partial charge < -0.3 is 15.3 Å². The van der Waals surface area contributed by atoms with Gasteiger partial charge in [-0.25, -0.2) is 0 Å². The van der Waals surface area contributed by atoms with Gasteiger partial charge in [0.15, 0.2) is 0 Å². The zero-order chi connectivity index (χ0) is 9.61. The zero-order valence-electron chi connectivity index (χ0n) is 8.09. The second-order valence-electron chi connectivity index (χ2n) is 3.54. The van der Waals surface area contributed by atoms with Gasteiger partial charge in [0.25, 0.3) is 0 Å². The van der Waals surface area contributed by atoms with Gasteiger partial charge >= 0.3 is 0 Å². The van der Waals surface area contributed by atoms with E-state index in [2.05, 4.69) is 11.2 Å². The SMILES string of the molecule is C#CCNCC(C)(O)CN(C)C. The van der Waals surface area contributed by atoms with Gasteiger partial charge in [0.1, 0.15) is 0 Å². The molecule has 0 spiro atoms. The molecular weight excluding hydrogens is 152 g/mol. The minimum atomic E-state index is -0.708. The Morgan fingerprint density at radius 1 is 1.58 bits per heavy atom. The van der Waals surface area contributed by atoms with E-state index >= 15 is 0 Å². The van der Waals surface area contributed by atoms with Crippen molar-refractivity contribution in [3.63, 3.8) is 0 Å². The lowest BCUT2D eigenvalue weighted by atomic mass is 10.1. The van der Waals surface area contributed by atoms with Crippen molar-refractivity contribution in [2.75, 3.05) is 33.7 Å². The van der Waals surface area contributed by atoms with Gasteiger partial charge in [-0.15, -0.1) is 6.42 Å². The Hall–Kier alpha value is -0.560. The van der Waals surface area contributed by atoms with Crippen molar-refractivity contribution in [3.8, 4) is 12.3 Å². The van der Waals surface area contributed by atoms with Crippen LogP contribution in [0.3, 0.4) is 0 Å². The van der Waals surface area contributed by atoms with Gasteiger partial charge in [-0.3, -0.25) is 0 Å². The van der Waals surface area contributed by atoms with Gasteiger partial charge in [-0.1, -0.05) is 5.92 Å². The van der Waals surface area contributed by atoms with E-state index in [9.17, 15) is 5.11 Å². The van der Waals surface area contributed by atoms with Crippen LogP contribution < -0.4 is 5.32 Å². The van der Waals surface area contributed by atoms with Crippen LogP contribution in [-0.2, 0) is 0 Å². The van der Waals surface area contributed by atoms with Gasteiger partial charge in [0, 0.05) is 13.1 Å². The number of aliphatic hydroxyl groups is 1. The van der Waals surface area contributed by atoms with Gasteiger partial charge in [0.05, 0.1) is 12.1 Å². The Kier molecular flexibility index (Phi) is 4.91. The van der Waals surface area contributed by atoms with Crippen LogP contribution in [0.5, 0.6) is 0 Å². The molecule has 70 valence electrons. The number of terminal acetylenes is 1. The standard InChI is InChI=1S/C9H18N2O/c1-5-6-10-7-9(2,12)8-11(3)4/h1,10,12H,6-8H2,2-4H3. The molecule has 12 heavy (non-hydrogen) atoms. The third kappa shape index (κ3) is 6.17. The first-order valence-corrected chi connectivity index (χ1v) is 3.99. The number of hydrogen-bond acceptors (Lipinski definition) is 3. The molecule has 3 nitrogen and oxygen atoms in total. The van der Waals surface area contributed by atoms with Crippen molar-refractivity contribution in [3.05, 3.63) is 0 Å². The molecule has 1 unspecified atom stereocenters. The first-order chi connectivity index (χ1) is 5.48. The highest BCUT2D eigenvalue weighted by molar-refractivity contribution is 4.88. The van der Waals surface area contributed by atoms with E-state index in [0.29, 0.717) is 19.6 Å². The molecular formula is C9H18N2O. The van der Waals surface area contributed by atoms with Crippen molar-refractivity contribution >= 4 is 0 Å². The minimum absolute atomic E-state index is 0.504. The van der Waals surface area contributed by atoms with Crippen molar-refractivity contribution in [1.29, 1.82) is 0 Å². The molecule has 0 heterocycles. The van der Waals surface area contributed by atoms with E-state index < -0.39 is 5.60 Å². The first-order valence-electron chi connectivity index (χ1n) is 3.99. The van der Waals surface area contributed by atoms with Gasteiger partial charge in [-0.05, 0) is 21.0 Å². The fourth-order valence-electron chi connectivity index (χ4n) is 1.14. The Labute approximate surface area is 74.8 Å². The van der Waals surface area contributed by atoms with E-state index in [4.69, 9.17) is 6.42 Å². The van der Waals surface area contributed by atoms with Gasteiger partial charge in [0.2, 0.25) is 0 Å². The average Bonchev–Trinajstić information content (AvgIpc) is 1.84. The summed E-state index contributed by atoms with van der Waals surface area (Å²) in [6.45, 7) is 3.44. The molecule has 0 aromatic rings. The highest BCUT2D eigenvalue weighted by Gasteiger charge is 2.19. The average molecular weight is 170 g/mol. The minimum Gasteiger partial charge on any atom is -0.388 e. The van der Waals surface area contributed by atoms with Crippen LogP contribution in [0, 0.1) is 12.3 Å². The van der Waals surface area contributed by atoms with Crippen molar-refractivity contribution in [2.45, 2.75) is 12.5 Å². The van der Waals surface area contributed by atoms with Crippen LogP contribution in [0.15, 0.2) is 0 Å². The third-order valence-corrected chi connectivity index (χ3v) is 1.39. The lowest BCUT2D eigenvalue weighted by molar-refractivity contribution is 0.0348. The largest absolute Gasteiger partial charge is 0.388 e. The summed E-state index contributed by atoms with van der Waals surface area (Å²) in [5.74, 6) is 2.46. The topological polar surface area (TPSA) is 35.5 Å². The van der Waals surface area contributed by atoms with E-state index in [-0.39, 0.29) is 0 Å². The maximum atomic E-state index is 9.74. The van der Waals surface area contributed by atoms with E-state index in [0.717, 1.165) is 0 Å². The number of hydrogen-bond donors (Lipinski definition) is 2. The Bertz CT molecular complexity index is 158. The smallest absolute Gasteiger partial charge is 0.0869 e. The number of nitrogens with zero attached hydrogens (tertiary/aromatic N) is 1. The molecule has 0 fully saturated rings. The molecule has 2 N–H and O–H groups in total. The van der Waals surface area contributed by atoms with Crippen molar-refractivity contribution < 1.29 is 5.11 Å². The lowest BCUT2D eigenvalue weighted by Gasteiger charge is -2.26. The molecule has 0 aliphatic heterocycles. The second kappa shape index (κ2) is 5.15. The third-order valence-electron chi connectivity index (χ3n) is 1.39. The number of rotatable bonds is 5. The van der Waals surface area contributed by atoms with E-state index in [1.54, 1.807) is 6.92 Å². The predicted molar refractivity (Wildman–Crippen MR) is 50.9 cm³/mol. The Morgan fingerprint density at radius 3 is 2.58 bits per heavy atom. The molecule has 0 radical (unpaired) electrons. The van der Waals surface area contributed by atoms with Gasteiger partial charge in [-0.2, -0.15) is 0 Å². The second-order valence-corrected chi connectivity index (χ2v) is 3.54. The Balaban J connectivity index is 3.65. The first kappa shape index (κ1) is 11.4. The number of likely N-dealkylation sites (N-methyl/N-ethyl adjacent to an activating group) is 1. The molecule has 0 aromatic carbocycles. The summed E-state index contributed by atoms with van der Waals surface area (Å²) in [6, 6.07) is 0. The monoisotopic (exact) mass is 170 g/mol. The summed E-state index contributed by atoms with van der Waals surface area (Å²) in [6.07, 6.45) is 5.05. The van der Waals surface area contributed by atoms with Crippen LogP contribution in [0.1, 0.15) is 6.92 Å². The maximum Gasteiger partial charge on any atom is 0.0869 e. The molecule has 3 heteroatoms. The normalized spacial score (nSPS) is 15.7. The molecule has 0 rings (SSSR count). The van der Waals surface area contributed by atoms with Crippen LogP contribution in [0.4, 0.5) is 0 Å². The number of nitrogens with one attached hydrogen (secondary N) is 1. The highest BCUT2D eigenvalue weighted by Crippen LogP contribution is 2.01. The van der Waals surface area contributed by atoms with Crippen LogP contribution >= 0.6 is 0 Å². The lowest BCUT2D eigenvalue weighted by Crippen LogP contribution is -2.45. The molecule has 0 saturated heterocycles. The highest BCUT2D eigenvalue weighted by atomic mass is 16.3. The Morgan fingerprint density at radius 2 is 2.17 bits per heavy atom. The zero-order valence-corrected chi connectivity index (χ0v) is 8.09. The molecule has 0 saturated carbocycles. The van der Waals surface area contributed by atoms with Crippen LogP contribution in [0.25, 0.3) is 0 Å². The van der Waals surface area contributed by atoms with E-state index in [1.807, 2.05) is 19.0 Å². The summed E-state index contributed by atoms with van der Waals surface area (Å²) in [7, 11) is 3.85. The molecule has 1 atom stereocenters. The maximum absolute atomic E-state index is 9.74. The molecule has 0 aliphatic carbocycles. The summed E-state index contributed by atoms with van der Waals surface area (Å²) in [5.41, 5.74) is -0.708. The summed E-state index contributed by atoms with van der Waals surface area (Å²) in [5, 5.41) is 12.7. The molecule has 0 amide bonds. The molecule has 0 aliphatic rings. The van der Waals surface area contributed by atoms with Crippen LogP contribution in [-0.4, -0.2) is 49.3 Å². The summed E-state index contributed by atoms with van der Waals surface area (Å²) < 4.78 is 0. The summed E-state index contributed by atoms with van der Waals surface area (Å²) in [4.78, 5) is 1.94. The fourth-order valence-corrected chi connectivity index (χ4v) is 1.14. The van der Waals surface area contributed by atoms with Crippen molar-refractivity contribution in [2.24, 2.45) is 0 Å². The summed E-state index contributed by atoms with van der Waals surface area (Å²) >= 11 is 0.